The van der Waals surface area contributed by atoms with Gasteiger partial charge in [-0.25, -0.2) is 0 Å². The maximum absolute atomic E-state index is 10.5. The quantitative estimate of drug-likeness (QED) is 0.759. The van der Waals surface area contributed by atoms with E-state index in [1.165, 1.54) is 32.1 Å². The average molecular weight is 239 g/mol. The molecule has 0 aromatic carbocycles. The molecule has 2 fully saturated rings. The third-order valence-corrected chi connectivity index (χ3v) is 6.13. The molecule has 1 saturated heterocycles. The predicted octanol–water partition coefficient (Wildman–Crippen LogP) is 3.19. The van der Waals surface area contributed by atoms with Gasteiger partial charge in [0.15, 0.2) is 0 Å². The Morgan fingerprint density at radius 1 is 1.24 bits per heavy atom. The second kappa shape index (κ2) is 4.55. The Hall–Kier alpha value is -0.0800. The molecule has 1 N–H and O–H groups in total. The summed E-state index contributed by atoms with van der Waals surface area (Å²) in [5.41, 5.74) is 0.448. The fourth-order valence-electron chi connectivity index (χ4n) is 4.27. The molecule has 3 atom stereocenters. The molecule has 17 heavy (non-hydrogen) atoms. The Balaban J connectivity index is 2.30. The van der Waals surface area contributed by atoms with E-state index >= 15 is 0 Å². The molecule has 0 aromatic rings. The Morgan fingerprint density at radius 2 is 1.82 bits per heavy atom. The molecule has 0 aromatic heterocycles. The lowest BCUT2D eigenvalue weighted by molar-refractivity contribution is -0.139. The molecule has 1 spiro atoms. The summed E-state index contributed by atoms with van der Waals surface area (Å²) in [7, 11) is 2.30. The van der Waals surface area contributed by atoms with Crippen molar-refractivity contribution < 1.29 is 5.11 Å². The maximum atomic E-state index is 10.5. The van der Waals surface area contributed by atoms with Crippen LogP contribution < -0.4 is 0 Å². The number of nitrogens with zero attached hydrogens (tertiary/aromatic N) is 1. The van der Waals surface area contributed by atoms with E-state index < -0.39 is 0 Å². The molecule has 2 rings (SSSR count). The van der Waals surface area contributed by atoms with E-state index in [2.05, 4.69) is 32.7 Å². The highest BCUT2D eigenvalue weighted by atomic mass is 16.3. The van der Waals surface area contributed by atoms with Crippen LogP contribution in [-0.4, -0.2) is 34.2 Å². The van der Waals surface area contributed by atoms with E-state index in [0.29, 0.717) is 5.92 Å². The van der Waals surface area contributed by atoms with Gasteiger partial charge in [-0.3, -0.25) is 4.90 Å². The van der Waals surface area contributed by atoms with Gasteiger partial charge in [-0.05, 0) is 39.7 Å². The summed E-state index contributed by atoms with van der Waals surface area (Å²) in [6.07, 6.45) is 8.62. The normalized spacial score (nSPS) is 42.9. The number of rotatable bonds is 1. The van der Waals surface area contributed by atoms with Crippen molar-refractivity contribution in [1.82, 2.24) is 4.90 Å². The van der Waals surface area contributed by atoms with Crippen molar-refractivity contribution in [2.45, 2.75) is 82.9 Å². The minimum Gasteiger partial charge on any atom is -0.393 e. The van der Waals surface area contributed by atoms with Crippen molar-refractivity contribution in [1.29, 1.82) is 0 Å². The molecule has 1 saturated carbocycles. The first-order valence-electron chi connectivity index (χ1n) is 7.38. The zero-order chi connectivity index (χ0) is 12.7. The highest BCUT2D eigenvalue weighted by Crippen LogP contribution is 2.48. The summed E-state index contributed by atoms with van der Waals surface area (Å²) in [4.78, 5) is 2.64. The second-order valence-electron chi connectivity index (χ2n) is 6.61. The molecule has 3 unspecified atom stereocenters. The highest BCUT2D eigenvalue weighted by Gasteiger charge is 2.53. The van der Waals surface area contributed by atoms with Crippen LogP contribution in [0.2, 0.25) is 0 Å². The fourth-order valence-corrected chi connectivity index (χ4v) is 4.27. The van der Waals surface area contributed by atoms with Crippen molar-refractivity contribution in [3.8, 4) is 0 Å². The number of likely N-dealkylation sites (tertiary alicyclic amines) is 1. The molecule has 2 nitrogen and oxygen atoms in total. The van der Waals surface area contributed by atoms with Gasteiger partial charge in [0.05, 0.1) is 6.10 Å². The maximum Gasteiger partial charge on any atom is 0.0601 e. The lowest BCUT2D eigenvalue weighted by Gasteiger charge is -2.61. The Kier molecular flexibility index (Phi) is 3.57. The number of aliphatic hydroxyl groups excluding tert-OH is 1. The van der Waals surface area contributed by atoms with Crippen LogP contribution in [0.15, 0.2) is 0 Å². The van der Waals surface area contributed by atoms with Crippen molar-refractivity contribution in [2.75, 3.05) is 7.05 Å². The molecular weight excluding hydrogens is 210 g/mol. The van der Waals surface area contributed by atoms with Crippen molar-refractivity contribution >= 4 is 0 Å². The Morgan fingerprint density at radius 3 is 2.35 bits per heavy atom. The van der Waals surface area contributed by atoms with Gasteiger partial charge in [0.1, 0.15) is 0 Å². The first-order valence-corrected chi connectivity index (χ1v) is 7.38. The van der Waals surface area contributed by atoms with E-state index in [4.69, 9.17) is 0 Å². The van der Waals surface area contributed by atoms with E-state index in [1.54, 1.807) is 0 Å². The summed E-state index contributed by atoms with van der Waals surface area (Å²) < 4.78 is 0. The van der Waals surface area contributed by atoms with Crippen LogP contribution in [0.4, 0.5) is 0 Å². The van der Waals surface area contributed by atoms with Gasteiger partial charge in [0.25, 0.3) is 0 Å². The van der Waals surface area contributed by atoms with E-state index in [0.717, 1.165) is 12.8 Å². The van der Waals surface area contributed by atoms with Crippen LogP contribution in [0.1, 0.15) is 65.7 Å². The lowest BCUT2D eigenvalue weighted by Crippen LogP contribution is -2.67. The van der Waals surface area contributed by atoms with E-state index in [9.17, 15) is 5.11 Å². The summed E-state index contributed by atoms with van der Waals surface area (Å²) in [5.74, 6) is 0.380. The Bertz CT molecular complexity index is 272. The Labute approximate surface area is 106 Å². The van der Waals surface area contributed by atoms with E-state index in [-0.39, 0.29) is 17.2 Å². The van der Waals surface area contributed by atoms with Gasteiger partial charge in [-0.15, -0.1) is 0 Å². The van der Waals surface area contributed by atoms with Crippen LogP contribution in [0.5, 0.6) is 0 Å². The topological polar surface area (TPSA) is 23.5 Å². The molecular formula is C15H29NO. The van der Waals surface area contributed by atoms with Gasteiger partial charge >= 0.3 is 0 Å². The van der Waals surface area contributed by atoms with E-state index in [1.807, 2.05) is 0 Å². The number of hydrogen-bond donors (Lipinski definition) is 1. The van der Waals surface area contributed by atoms with Gasteiger partial charge < -0.3 is 5.11 Å². The fraction of sp³-hybridized carbons (Fsp3) is 1.00. The van der Waals surface area contributed by atoms with Gasteiger partial charge in [-0.2, -0.15) is 0 Å². The number of piperidine rings is 1. The third-order valence-electron chi connectivity index (χ3n) is 6.13. The monoisotopic (exact) mass is 239 g/mol. The summed E-state index contributed by atoms with van der Waals surface area (Å²) >= 11 is 0. The van der Waals surface area contributed by atoms with Crippen LogP contribution >= 0.6 is 0 Å². The zero-order valence-corrected chi connectivity index (χ0v) is 12.0. The summed E-state index contributed by atoms with van der Waals surface area (Å²) in [6, 6.07) is 0. The summed E-state index contributed by atoms with van der Waals surface area (Å²) in [6.45, 7) is 6.83. The van der Waals surface area contributed by atoms with Gasteiger partial charge in [0, 0.05) is 17.0 Å². The zero-order valence-electron chi connectivity index (χ0n) is 12.0. The molecule has 1 heterocycles. The number of hydrogen-bond acceptors (Lipinski definition) is 2. The third kappa shape index (κ3) is 1.94. The van der Waals surface area contributed by atoms with Gasteiger partial charge in [-0.1, -0.05) is 33.1 Å². The largest absolute Gasteiger partial charge is 0.393 e. The molecule has 1 aliphatic carbocycles. The van der Waals surface area contributed by atoms with Crippen molar-refractivity contribution in [3.05, 3.63) is 0 Å². The average Bonchev–Trinajstić information content (AvgIpc) is 2.35. The van der Waals surface area contributed by atoms with Crippen LogP contribution in [-0.2, 0) is 0 Å². The van der Waals surface area contributed by atoms with Crippen LogP contribution in [0.3, 0.4) is 0 Å². The smallest absolute Gasteiger partial charge is 0.0601 e. The van der Waals surface area contributed by atoms with Crippen LogP contribution in [0, 0.1) is 5.92 Å². The molecule has 0 radical (unpaired) electrons. The first kappa shape index (κ1) is 13.4. The minimum absolute atomic E-state index is 0.116. The predicted molar refractivity (Wildman–Crippen MR) is 72.1 cm³/mol. The minimum atomic E-state index is -0.116. The van der Waals surface area contributed by atoms with Crippen LogP contribution in [0.25, 0.3) is 0 Å². The molecule has 1 aliphatic heterocycles. The summed E-state index contributed by atoms with van der Waals surface area (Å²) in [5, 5.41) is 10.5. The second-order valence-corrected chi connectivity index (χ2v) is 6.61. The van der Waals surface area contributed by atoms with Crippen molar-refractivity contribution in [2.24, 2.45) is 5.92 Å². The molecule has 0 bridgehead atoms. The highest BCUT2D eigenvalue weighted by molar-refractivity contribution is 5.08. The molecule has 100 valence electrons. The molecule has 2 heteroatoms. The molecule has 0 amide bonds. The van der Waals surface area contributed by atoms with Gasteiger partial charge in [0.2, 0.25) is 0 Å². The molecule has 2 aliphatic rings. The SMILES string of the molecule is CCC1(C)C(C)C(O)CC2(CCCCC2)N1C. The number of aliphatic hydroxyl groups is 1. The standard InChI is InChI=1S/C15H29NO/c1-5-14(3)12(2)13(17)11-15(16(14)4)9-7-6-8-10-15/h12-13,17H,5-11H2,1-4H3. The first-order chi connectivity index (χ1) is 7.96. The van der Waals surface area contributed by atoms with Crippen molar-refractivity contribution in [3.63, 3.8) is 0 Å². The lowest BCUT2D eigenvalue weighted by atomic mass is 9.64.